The van der Waals surface area contributed by atoms with E-state index in [1.54, 1.807) is 0 Å². The van der Waals surface area contributed by atoms with Crippen molar-refractivity contribution in [3.63, 3.8) is 0 Å². The molecule has 2 heterocycles. The van der Waals surface area contributed by atoms with Gasteiger partial charge >= 0.3 is 0 Å². The van der Waals surface area contributed by atoms with Crippen LogP contribution >= 0.6 is 11.6 Å². The van der Waals surface area contributed by atoms with E-state index in [9.17, 15) is 4.39 Å². The third-order valence-electron chi connectivity index (χ3n) is 3.20. The van der Waals surface area contributed by atoms with Crippen LogP contribution in [0.2, 0.25) is 5.28 Å². The molecular formula is C11H15ClFN3. The second-order valence-corrected chi connectivity index (χ2v) is 4.54. The van der Waals surface area contributed by atoms with Crippen LogP contribution in [0.1, 0.15) is 33.1 Å². The number of rotatable bonds is 2. The van der Waals surface area contributed by atoms with Crippen LogP contribution in [-0.4, -0.2) is 22.1 Å². The second kappa shape index (κ2) is 4.53. The molecule has 0 N–H and O–H groups in total. The van der Waals surface area contributed by atoms with E-state index in [0.29, 0.717) is 17.9 Å². The van der Waals surface area contributed by atoms with Crippen molar-refractivity contribution in [2.45, 2.75) is 45.2 Å². The summed E-state index contributed by atoms with van der Waals surface area (Å²) in [6.45, 7) is 4.20. The molecule has 1 aliphatic heterocycles. The molecule has 0 radical (unpaired) electrons. The summed E-state index contributed by atoms with van der Waals surface area (Å²) in [5.74, 6) is -0.0477. The van der Waals surface area contributed by atoms with E-state index in [2.05, 4.69) is 23.8 Å². The molecule has 1 aromatic heterocycles. The van der Waals surface area contributed by atoms with E-state index in [4.69, 9.17) is 11.6 Å². The van der Waals surface area contributed by atoms with Crippen LogP contribution in [0.5, 0.6) is 0 Å². The zero-order valence-electron chi connectivity index (χ0n) is 9.45. The zero-order valence-corrected chi connectivity index (χ0v) is 10.2. The minimum absolute atomic E-state index is 0.102. The molecule has 5 heteroatoms. The van der Waals surface area contributed by atoms with Gasteiger partial charge in [0.05, 0.1) is 6.20 Å². The van der Waals surface area contributed by atoms with Crippen LogP contribution in [0.15, 0.2) is 6.20 Å². The number of anilines is 1. The topological polar surface area (TPSA) is 29.0 Å². The first kappa shape index (κ1) is 11.6. The maximum Gasteiger partial charge on any atom is 0.224 e. The smallest absolute Gasteiger partial charge is 0.224 e. The third-order valence-corrected chi connectivity index (χ3v) is 3.38. The minimum Gasteiger partial charge on any atom is -0.348 e. The number of aromatic nitrogens is 2. The standard InChI is InChI=1S/C11H15ClFN3/c1-3-8-5-4-7(2)16(8)10-9(13)6-14-11(12)15-10/h6-8H,3-5H2,1-2H3. The van der Waals surface area contributed by atoms with Gasteiger partial charge in [-0.15, -0.1) is 0 Å². The molecule has 2 unspecified atom stereocenters. The molecule has 0 aliphatic carbocycles. The lowest BCUT2D eigenvalue weighted by Gasteiger charge is -2.29. The highest BCUT2D eigenvalue weighted by atomic mass is 35.5. The van der Waals surface area contributed by atoms with Crippen LogP contribution in [0.4, 0.5) is 10.2 Å². The Morgan fingerprint density at radius 2 is 2.31 bits per heavy atom. The lowest BCUT2D eigenvalue weighted by atomic mass is 10.1. The SMILES string of the molecule is CCC1CCC(C)N1c1nc(Cl)ncc1F. The fourth-order valence-corrected chi connectivity index (χ4v) is 2.50. The summed E-state index contributed by atoms with van der Waals surface area (Å²) in [6.07, 6.45) is 4.28. The highest BCUT2D eigenvalue weighted by Crippen LogP contribution is 2.32. The first-order valence-electron chi connectivity index (χ1n) is 5.59. The van der Waals surface area contributed by atoms with Crippen molar-refractivity contribution in [1.29, 1.82) is 0 Å². The van der Waals surface area contributed by atoms with Crippen LogP contribution in [0.3, 0.4) is 0 Å². The van der Waals surface area contributed by atoms with Crippen LogP contribution in [-0.2, 0) is 0 Å². The highest BCUT2D eigenvalue weighted by molar-refractivity contribution is 6.28. The van der Waals surface area contributed by atoms with Crippen LogP contribution < -0.4 is 4.90 Å². The quantitative estimate of drug-likeness (QED) is 0.748. The lowest BCUT2D eigenvalue weighted by Crippen LogP contribution is -2.35. The summed E-state index contributed by atoms with van der Waals surface area (Å²) in [5, 5.41) is 0.102. The number of nitrogens with zero attached hydrogens (tertiary/aromatic N) is 3. The first-order valence-corrected chi connectivity index (χ1v) is 5.97. The van der Waals surface area contributed by atoms with Gasteiger partial charge in [-0.1, -0.05) is 6.92 Å². The Morgan fingerprint density at radius 3 is 3.00 bits per heavy atom. The molecule has 3 nitrogen and oxygen atoms in total. The summed E-state index contributed by atoms with van der Waals surface area (Å²) < 4.78 is 13.7. The fraction of sp³-hybridized carbons (Fsp3) is 0.636. The lowest BCUT2D eigenvalue weighted by molar-refractivity contribution is 0.567. The average molecular weight is 244 g/mol. The molecule has 1 saturated heterocycles. The van der Waals surface area contributed by atoms with Gasteiger partial charge in [0.15, 0.2) is 11.6 Å². The molecule has 1 fully saturated rings. The molecule has 2 atom stereocenters. The van der Waals surface area contributed by atoms with E-state index >= 15 is 0 Å². The normalized spacial score (nSPS) is 25.1. The van der Waals surface area contributed by atoms with Crippen molar-refractivity contribution >= 4 is 17.4 Å². The van der Waals surface area contributed by atoms with Gasteiger partial charge < -0.3 is 4.90 Å². The van der Waals surface area contributed by atoms with Gasteiger partial charge in [-0.05, 0) is 37.8 Å². The Bertz CT molecular complexity index is 385. The number of halogens is 2. The zero-order chi connectivity index (χ0) is 11.7. The summed E-state index contributed by atoms with van der Waals surface area (Å²) in [5.41, 5.74) is 0. The minimum atomic E-state index is -0.392. The fourth-order valence-electron chi connectivity index (χ4n) is 2.37. The largest absolute Gasteiger partial charge is 0.348 e. The van der Waals surface area contributed by atoms with Gasteiger partial charge in [-0.3, -0.25) is 0 Å². The monoisotopic (exact) mass is 243 g/mol. The van der Waals surface area contributed by atoms with Crippen molar-refractivity contribution in [2.75, 3.05) is 4.90 Å². The summed E-state index contributed by atoms with van der Waals surface area (Å²) in [4.78, 5) is 9.68. The predicted octanol–water partition coefficient (Wildman–Crippen LogP) is 3.04. The van der Waals surface area contributed by atoms with Gasteiger partial charge in [0.2, 0.25) is 5.28 Å². The molecule has 1 aromatic rings. The van der Waals surface area contributed by atoms with Crippen molar-refractivity contribution < 1.29 is 4.39 Å². The van der Waals surface area contributed by atoms with Crippen molar-refractivity contribution in [3.05, 3.63) is 17.3 Å². The van der Waals surface area contributed by atoms with Gasteiger partial charge in [-0.25, -0.2) is 9.37 Å². The van der Waals surface area contributed by atoms with Gasteiger partial charge in [0, 0.05) is 12.1 Å². The molecular weight excluding hydrogens is 229 g/mol. The molecule has 0 saturated carbocycles. The second-order valence-electron chi connectivity index (χ2n) is 4.21. The van der Waals surface area contributed by atoms with Gasteiger partial charge in [0.25, 0.3) is 0 Å². The molecule has 0 aromatic carbocycles. The predicted molar refractivity (Wildman–Crippen MR) is 62.3 cm³/mol. The van der Waals surface area contributed by atoms with E-state index in [1.807, 2.05) is 4.90 Å². The maximum atomic E-state index is 13.7. The molecule has 1 aliphatic rings. The van der Waals surface area contributed by atoms with Crippen LogP contribution in [0, 0.1) is 5.82 Å². The molecule has 2 rings (SSSR count). The van der Waals surface area contributed by atoms with Crippen molar-refractivity contribution in [1.82, 2.24) is 9.97 Å². The number of hydrogen-bond acceptors (Lipinski definition) is 3. The van der Waals surface area contributed by atoms with Gasteiger partial charge in [-0.2, -0.15) is 4.98 Å². The maximum absolute atomic E-state index is 13.7. The Kier molecular flexibility index (Phi) is 3.28. The number of hydrogen-bond donors (Lipinski definition) is 0. The highest BCUT2D eigenvalue weighted by Gasteiger charge is 2.32. The molecule has 88 valence electrons. The summed E-state index contributed by atoms with van der Waals surface area (Å²) in [6, 6.07) is 0.667. The van der Waals surface area contributed by atoms with E-state index in [0.717, 1.165) is 25.5 Å². The Balaban J connectivity index is 2.37. The van der Waals surface area contributed by atoms with E-state index in [1.165, 1.54) is 0 Å². The summed E-state index contributed by atoms with van der Waals surface area (Å²) >= 11 is 5.72. The first-order chi connectivity index (χ1) is 7.63. The third kappa shape index (κ3) is 1.98. The van der Waals surface area contributed by atoms with Crippen LogP contribution in [0.25, 0.3) is 0 Å². The summed E-state index contributed by atoms with van der Waals surface area (Å²) in [7, 11) is 0. The molecule has 0 amide bonds. The Labute approximate surface area is 99.6 Å². The van der Waals surface area contributed by atoms with E-state index in [-0.39, 0.29) is 5.28 Å². The van der Waals surface area contributed by atoms with Crippen molar-refractivity contribution in [2.24, 2.45) is 0 Å². The Hall–Kier alpha value is -0.900. The van der Waals surface area contributed by atoms with Gasteiger partial charge in [0.1, 0.15) is 0 Å². The van der Waals surface area contributed by atoms with E-state index < -0.39 is 5.82 Å². The molecule has 16 heavy (non-hydrogen) atoms. The van der Waals surface area contributed by atoms with Crippen molar-refractivity contribution in [3.8, 4) is 0 Å². The molecule has 0 spiro atoms. The Morgan fingerprint density at radius 1 is 1.56 bits per heavy atom. The molecule has 0 bridgehead atoms. The average Bonchev–Trinajstić information content (AvgIpc) is 2.63.